The number of likely N-dealkylation sites (tertiary alicyclic amines) is 3. The molecule has 6 heterocycles. The van der Waals surface area contributed by atoms with Crippen LogP contribution in [0, 0.1) is 13.8 Å². The van der Waals surface area contributed by atoms with Gasteiger partial charge < -0.3 is 40.5 Å². The van der Waals surface area contributed by atoms with Crippen LogP contribution in [0.2, 0.25) is 0 Å². The molecule has 0 spiro atoms. The van der Waals surface area contributed by atoms with Crippen LogP contribution in [-0.2, 0) is 30.1 Å². The van der Waals surface area contributed by atoms with Crippen molar-refractivity contribution < 1.29 is 38.9 Å². The van der Waals surface area contributed by atoms with Crippen molar-refractivity contribution in [3.05, 3.63) is 82.1 Å². The van der Waals surface area contributed by atoms with Crippen LogP contribution < -0.4 is 16.0 Å². The van der Waals surface area contributed by atoms with Gasteiger partial charge in [-0.3, -0.25) is 19.4 Å². The summed E-state index contributed by atoms with van der Waals surface area (Å²) >= 11 is 3.21. The first-order valence-corrected chi connectivity index (χ1v) is 23.7. The summed E-state index contributed by atoms with van der Waals surface area (Å²) in [5.41, 5.74) is 7.44. The van der Waals surface area contributed by atoms with Gasteiger partial charge in [0, 0.05) is 39.0 Å². The topological polar surface area (TPSA) is 199 Å². The molecular weight excluding hydrogens is 869 g/mol. The number of aliphatic hydroxyl groups excluding tert-OH is 2. The average Bonchev–Trinajstić information content (AvgIpc) is 4.02. The Kier molecular flexibility index (Phi) is 13.8. The Bertz CT molecular complexity index is 2350. The highest BCUT2D eigenvalue weighted by Gasteiger charge is 2.49. The molecule has 4 amide bonds. The molecule has 65 heavy (non-hydrogen) atoms. The van der Waals surface area contributed by atoms with Gasteiger partial charge in [-0.1, -0.05) is 48.5 Å². The molecule has 4 aromatic rings. The number of amides is 4. The van der Waals surface area contributed by atoms with Crippen molar-refractivity contribution in [2.45, 2.75) is 115 Å². The number of rotatable bonds is 8. The Balaban J connectivity index is 0.000000194. The minimum Gasteiger partial charge on any atom is -0.444 e. The molecule has 8 rings (SSSR count). The van der Waals surface area contributed by atoms with Gasteiger partial charge in [-0.25, -0.2) is 19.6 Å². The lowest BCUT2D eigenvalue weighted by Gasteiger charge is -2.50. The number of nitrogens with one attached hydrogen (secondary N) is 3. The second-order valence-corrected chi connectivity index (χ2v) is 21.4. The third kappa shape index (κ3) is 10.8. The third-order valence-electron chi connectivity index (χ3n) is 12.0. The highest BCUT2D eigenvalue weighted by Crippen LogP contribution is 2.36. The first kappa shape index (κ1) is 48.0. The fourth-order valence-electron chi connectivity index (χ4n) is 8.80. The van der Waals surface area contributed by atoms with E-state index in [0.717, 1.165) is 43.4 Å². The lowest BCUT2D eigenvalue weighted by atomic mass is 9.82. The van der Waals surface area contributed by atoms with Gasteiger partial charge in [0.1, 0.15) is 23.3 Å². The number of hydrogen-bond acceptors (Lipinski definition) is 14. The number of β-amino-alcohol motifs (C(OH)–C–C–N with tert-alkyl or cyclic N) is 2. The van der Waals surface area contributed by atoms with E-state index in [-0.39, 0.29) is 37.7 Å². The van der Waals surface area contributed by atoms with Crippen LogP contribution in [0.1, 0.15) is 76.9 Å². The molecule has 4 atom stereocenters. The molecule has 5 N–H and O–H groups in total. The monoisotopic (exact) mass is 930 g/mol. The van der Waals surface area contributed by atoms with Crippen molar-refractivity contribution in [3.63, 3.8) is 0 Å². The molecule has 4 fully saturated rings. The van der Waals surface area contributed by atoms with E-state index in [2.05, 4.69) is 55.1 Å². The molecule has 4 saturated heterocycles. The van der Waals surface area contributed by atoms with Gasteiger partial charge in [0.15, 0.2) is 0 Å². The molecule has 18 heteroatoms. The van der Waals surface area contributed by atoms with Crippen LogP contribution >= 0.6 is 22.7 Å². The Morgan fingerprint density at radius 3 is 1.38 bits per heavy atom. The van der Waals surface area contributed by atoms with Gasteiger partial charge in [0.2, 0.25) is 11.8 Å². The molecule has 0 saturated carbocycles. The zero-order valence-corrected chi connectivity index (χ0v) is 40.3. The Morgan fingerprint density at radius 1 is 0.677 bits per heavy atom. The van der Waals surface area contributed by atoms with Crippen LogP contribution in [0.3, 0.4) is 0 Å². The second-order valence-electron chi connectivity index (χ2n) is 19.7. The number of aliphatic hydroxyl groups is 2. The van der Waals surface area contributed by atoms with E-state index in [1.807, 2.05) is 56.2 Å². The summed E-state index contributed by atoms with van der Waals surface area (Å²) in [6, 6.07) is 14.9. The summed E-state index contributed by atoms with van der Waals surface area (Å²) in [5.74, 6) is -0.552. The van der Waals surface area contributed by atoms with E-state index in [0.29, 0.717) is 26.2 Å². The first-order valence-electron chi connectivity index (χ1n) is 22.0. The van der Waals surface area contributed by atoms with Gasteiger partial charge in [0.25, 0.3) is 0 Å². The Labute approximate surface area is 388 Å². The standard InChI is InChI=1S/C24H32N4O4S.C23H30N4O4S/c1-15-20(33-14-25-15)16-6-8-17(9-7-16)24(12-27(5)13-24)26-21(30)19-10-18(29)11-28(19)22(31)32-23(2,3)4;1-14-19(32-13-25-14)15-5-7-16(8-6-15)23(11-24-12-23)26-20(29)18-9-17(28)10-27(18)21(30)31-22(2,3)4/h6-9,14,18-19,29H,10-13H2,1-5H3,(H,26,30);5-8,13,17-18,24,28H,9-12H2,1-4H3,(H,26,29)/t18-,19+;17-,18+/m11/s1. The largest absolute Gasteiger partial charge is 0.444 e. The number of ether oxygens (including phenoxy) is 2. The highest BCUT2D eigenvalue weighted by molar-refractivity contribution is 7.13. The number of aryl methyl sites for hydroxylation is 2. The molecule has 2 aromatic heterocycles. The molecular formula is C47H62N8O8S2. The maximum atomic E-state index is 13.4. The third-order valence-corrected chi connectivity index (χ3v) is 13.9. The summed E-state index contributed by atoms with van der Waals surface area (Å²) in [4.78, 5) is 67.6. The summed E-state index contributed by atoms with van der Waals surface area (Å²) in [7, 11) is 2.01. The van der Waals surface area contributed by atoms with Crippen molar-refractivity contribution in [3.8, 4) is 20.9 Å². The highest BCUT2D eigenvalue weighted by atomic mass is 32.1. The smallest absolute Gasteiger partial charge is 0.411 e. The van der Waals surface area contributed by atoms with E-state index < -0.39 is 58.8 Å². The molecule has 4 aliphatic rings. The lowest BCUT2D eigenvalue weighted by Crippen LogP contribution is -2.68. The molecule has 0 unspecified atom stereocenters. The van der Waals surface area contributed by atoms with Crippen LogP contribution in [-0.4, -0.2) is 141 Å². The van der Waals surface area contributed by atoms with E-state index >= 15 is 0 Å². The van der Waals surface area contributed by atoms with E-state index in [1.54, 1.807) is 64.2 Å². The second kappa shape index (κ2) is 18.7. The number of hydrogen-bond donors (Lipinski definition) is 5. The number of nitrogens with zero attached hydrogens (tertiary/aromatic N) is 5. The number of aromatic nitrogens is 2. The molecule has 16 nitrogen and oxygen atoms in total. The van der Waals surface area contributed by atoms with Crippen LogP contribution in [0.4, 0.5) is 9.59 Å². The SMILES string of the molecule is Cc1ncsc1-c1ccc(C2(NC(=O)[C@@H]3C[C@@H](O)CN3C(=O)OC(C)(C)C)CN(C)C2)cc1.Cc1ncsc1-c1ccc(C2(NC(=O)[C@@H]3C[C@@H](O)CN3C(=O)OC(C)(C)C)CNC2)cc1. The lowest BCUT2D eigenvalue weighted by molar-refractivity contribution is -0.130. The number of likely N-dealkylation sites (N-methyl/N-ethyl adjacent to an activating group) is 1. The predicted octanol–water partition coefficient (Wildman–Crippen LogP) is 5.15. The van der Waals surface area contributed by atoms with Crippen molar-refractivity contribution in [2.24, 2.45) is 0 Å². The van der Waals surface area contributed by atoms with Crippen LogP contribution in [0.15, 0.2) is 59.6 Å². The first-order chi connectivity index (χ1) is 30.5. The van der Waals surface area contributed by atoms with Crippen molar-refractivity contribution >= 4 is 46.7 Å². The maximum Gasteiger partial charge on any atom is 0.411 e. The maximum absolute atomic E-state index is 13.4. The van der Waals surface area contributed by atoms with Gasteiger partial charge in [-0.15, -0.1) is 22.7 Å². The summed E-state index contributed by atoms with van der Waals surface area (Å²) < 4.78 is 10.9. The number of carbonyl (C=O) groups excluding carboxylic acids is 4. The zero-order chi connectivity index (χ0) is 47.1. The number of thiazole rings is 2. The summed E-state index contributed by atoms with van der Waals surface area (Å²) in [5, 5.41) is 29.9. The number of carbonyl (C=O) groups is 4. The molecule has 2 aromatic carbocycles. The van der Waals surface area contributed by atoms with Crippen molar-refractivity contribution in [1.29, 1.82) is 0 Å². The minimum absolute atomic E-state index is 0.0845. The fourth-order valence-corrected chi connectivity index (χ4v) is 10.4. The Hall–Kier alpha value is -4.98. The van der Waals surface area contributed by atoms with E-state index in [1.165, 1.54) is 9.80 Å². The predicted molar refractivity (Wildman–Crippen MR) is 249 cm³/mol. The van der Waals surface area contributed by atoms with Crippen molar-refractivity contribution in [1.82, 2.24) is 40.6 Å². The summed E-state index contributed by atoms with van der Waals surface area (Å²) in [6.07, 6.45) is -2.29. The van der Waals surface area contributed by atoms with Crippen LogP contribution in [0.5, 0.6) is 0 Å². The number of benzene rings is 2. The molecule has 0 aliphatic carbocycles. The van der Waals surface area contributed by atoms with Crippen molar-refractivity contribution in [2.75, 3.05) is 46.3 Å². The van der Waals surface area contributed by atoms with Gasteiger partial charge in [-0.2, -0.15) is 0 Å². The zero-order valence-electron chi connectivity index (χ0n) is 38.6. The normalized spacial score (nSPS) is 22.5. The molecule has 0 radical (unpaired) electrons. The van der Waals surface area contributed by atoms with E-state index in [9.17, 15) is 29.4 Å². The molecule has 350 valence electrons. The van der Waals surface area contributed by atoms with Gasteiger partial charge in [0.05, 0.1) is 68.5 Å². The molecule has 0 bridgehead atoms. The van der Waals surface area contributed by atoms with Gasteiger partial charge in [-0.05, 0) is 84.7 Å². The Morgan fingerprint density at radius 2 is 1.06 bits per heavy atom. The quantitative estimate of drug-likeness (QED) is 0.156. The van der Waals surface area contributed by atoms with Crippen LogP contribution in [0.25, 0.3) is 20.9 Å². The molecule has 4 aliphatic heterocycles. The fraction of sp³-hybridized carbons (Fsp3) is 0.532. The minimum atomic E-state index is -0.767. The van der Waals surface area contributed by atoms with Gasteiger partial charge >= 0.3 is 12.2 Å². The average molecular weight is 931 g/mol. The summed E-state index contributed by atoms with van der Waals surface area (Å²) in [6.45, 7) is 17.4. The van der Waals surface area contributed by atoms with E-state index in [4.69, 9.17) is 9.47 Å².